The van der Waals surface area contributed by atoms with Gasteiger partial charge in [0, 0.05) is 37.1 Å². The molecule has 4 bridgehead atoms. The standard InChI is InChI=1S/C24H35N3O3S/c1-3-30-24(29)20-8-15(2)31-23(20)25-21(28)14-26-4-6-27(7-5-26)22-18-10-16-9-17(12-18)13-19(22)11-16/h8,16-19,22H,3-7,9-14H2,1-2H3,(H,25,28). The lowest BCUT2D eigenvalue weighted by Gasteiger charge is -2.58. The molecule has 4 saturated carbocycles. The number of aryl methyl sites for hydroxylation is 1. The van der Waals surface area contributed by atoms with E-state index >= 15 is 0 Å². The highest BCUT2D eigenvalue weighted by Crippen LogP contribution is 2.55. The summed E-state index contributed by atoms with van der Waals surface area (Å²) in [7, 11) is 0. The van der Waals surface area contributed by atoms with Crippen LogP contribution in [0.5, 0.6) is 0 Å². The summed E-state index contributed by atoms with van der Waals surface area (Å²) >= 11 is 1.43. The SMILES string of the molecule is CCOC(=O)c1cc(C)sc1NC(=O)CN1CCN(C2C3CC4CC(C3)CC2C4)CC1. The molecule has 1 aromatic rings. The molecule has 1 saturated heterocycles. The van der Waals surface area contributed by atoms with Crippen molar-refractivity contribution in [1.29, 1.82) is 0 Å². The first-order valence-electron chi connectivity index (χ1n) is 12.0. The fourth-order valence-corrected chi connectivity index (χ4v) is 7.96. The summed E-state index contributed by atoms with van der Waals surface area (Å²) in [6.07, 6.45) is 7.35. The number of ether oxygens (including phenoxy) is 1. The lowest BCUT2D eigenvalue weighted by molar-refractivity contribution is -0.118. The summed E-state index contributed by atoms with van der Waals surface area (Å²) in [6.45, 7) is 8.49. The van der Waals surface area contributed by atoms with Crippen LogP contribution < -0.4 is 5.32 Å². The van der Waals surface area contributed by atoms with Gasteiger partial charge in [-0.15, -0.1) is 11.3 Å². The van der Waals surface area contributed by atoms with E-state index in [9.17, 15) is 9.59 Å². The minimum absolute atomic E-state index is 0.0459. The number of carbonyl (C=O) groups excluding carboxylic acids is 2. The minimum atomic E-state index is -0.369. The number of amides is 1. The maximum Gasteiger partial charge on any atom is 0.341 e. The van der Waals surface area contributed by atoms with Crippen LogP contribution in [0.15, 0.2) is 6.07 Å². The Morgan fingerprint density at radius 1 is 1.06 bits per heavy atom. The molecule has 31 heavy (non-hydrogen) atoms. The minimum Gasteiger partial charge on any atom is -0.462 e. The largest absolute Gasteiger partial charge is 0.462 e. The third-order valence-corrected chi connectivity index (χ3v) is 8.94. The zero-order valence-electron chi connectivity index (χ0n) is 18.8. The molecule has 1 N–H and O–H groups in total. The van der Waals surface area contributed by atoms with Crippen molar-refractivity contribution in [3.05, 3.63) is 16.5 Å². The van der Waals surface area contributed by atoms with Crippen LogP contribution in [-0.4, -0.2) is 67.0 Å². The average molecular weight is 446 g/mol. The Morgan fingerprint density at radius 2 is 1.71 bits per heavy atom. The van der Waals surface area contributed by atoms with Gasteiger partial charge in [0.25, 0.3) is 0 Å². The first-order chi connectivity index (χ1) is 15.0. The van der Waals surface area contributed by atoms with Crippen LogP contribution in [0.1, 0.15) is 54.3 Å². The maximum atomic E-state index is 12.7. The summed E-state index contributed by atoms with van der Waals surface area (Å²) in [4.78, 5) is 30.9. The first-order valence-corrected chi connectivity index (χ1v) is 12.9. The maximum absolute atomic E-state index is 12.7. The topological polar surface area (TPSA) is 61.9 Å². The Kier molecular flexibility index (Phi) is 6.10. The van der Waals surface area contributed by atoms with E-state index in [1.165, 1.54) is 43.4 Å². The number of hydrogen-bond acceptors (Lipinski definition) is 6. The Hall–Kier alpha value is -1.44. The van der Waals surface area contributed by atoms with E-state index in [1.807, 2.05) is 6.92 Å². The molecule has 0 spiro atoms. The predicted octanol–water partition coefficient (Wildman–Crippen LogP) is 3.61. The Bertz CT molecular complexity index is 802. The van der Waals surface area contributed by atoms with Gasteiger partial charge in [-0.3, -0.25) is 14.6 Å². The van der Waals surface area contributed by atoms with E-state index in [-0.39, 0.29) is 11.9 Å². The number of nitrogens with one attached hydrogen (secondary N) is 1. The summed E-state index contributed by atoms with van der Waals surface area (Å²) in [5, 5.41) is 3.56. The molecular formula is C24H35N3O3S. The molecule has 5 aliphatic rings. The molecule has 6 nitrogen and oxygen atoms in total. The number of thiophene rings is 1. The molecular weight excluding hydrogens is 410 g/mol. The molecule has 4 aliphatic carbocycles. The number of carbonyl (C=O) groups is 2. The number of anilines is 1. The second-order valence-electron chi connectivity index (χ2n) is 10.1. The van der Waals surface area contributed by atoms with E-state index in [1.54, 1.807) is 13.0 Å². The van der Waals surface area contributed by atoms with Gasteiger partial charge in [0.1, 0.15) is 5.00 Å². The van der Waals surface area contributed by atoms with Gasteiger partial charge in [-0.2, -0.15) is 0 Å². The van der Waals surface area contributed by atoms with Gasteiger partial charge < -0.3 is 10.1 Å². The van der Waals surface area contributed by atoms with Crippen LogP contribution in [0.25, 0.3) is 0 Å². The fraction of sp³-hybridized carbons (Fsp3) is 0.750. The monoisotopic (exact) mass is 445 g/mol. The molecule has 7 heteroatoms. The van der Waals surface area contributed by atoms with Crippen molar-refractivity contribution in [2.45, 2.75) is 52.0 Å². The highest BCUT2D eigenvalue weighted by molar-refractivity contribution is 7.16. The highest BCUT2D eigenvalue weighted by Gasteiger charge is 2.50. The first kappa shape index (κ1) is 21.4. The van der Waals surface area contributed by atoms with Crippen molar-refractivity contribution in [3.8, 4) is 0 Å². The van der Waals surface area contributed by atoms with Crippen molar-refractivity contribution in [1.82, 2.24) is 9.80 Å². The van der Waals surface area contributed by atoms with Crippen molar-refractivity contribution in [3.63, 3.8) is 0 Å². The molecule has 1 aliphatic heterocycles. The summed E-state index contributed by atoms with van der Waals surface area (Å²) in [5.41, 5.74) is 0.462. The molecule has 1 amide bonds. The zero-order valence-corrected chi connectivity index (χ0v) is 19.6. The summed E-state index contributed by atoms with van der Waals surface area (Å²) < 4.78 is 5.12. The molecule has 0 aromatic carbocycles. The number of hydrogen-bond donors (Lipinski definition) is 1. The predicted molar refractivity (Wildman–Crippen MR) is 122 cm³/mol. The van der Waals surface area contributed by atoms with Crippen LogP contribution in [0.3, 0.4) is 0 Å². The second-order valence-corrected chi connectivity index (χ2v) is 11.4. The number of piperazine rings is 1. The normalized spacial score (nSPS) is 32.9. The van der Waals surface area contributed by atoms with Crippen molar-refractivity contribution in [2.24, 2.45) is 23.7 Å². The molecule has 0 atom stereocenters. The second kappa shape index (κ2) is 8.83. The smallest absolute Gasteiger partial charge is 0.341 e. The van der Waals surface area contributed by atoms with Gasteiger partial charge >= 0.3 is 5.97 Å². The molecule has 1 aromatic heterocycles. The van der Waals surface area contributed by atoms with Crippen molar-refractivity contribution < 1.29 is 14.3 Å². The third-order valence-electron chi connectivity index (χ3n) is 7.98. The Morgan fingerprint density at radius 3 is 2.32 bits per heavy atom. The Labute approximate surface area is 189 Å². The van der Waals surface area contributed by atoms with Crippen molar-refractivity contribution >= 4 is 28.2 Å². The lowest BCUT2D eigenvalue weighted by Crippen LogP contribution is -2.60. The molecule has 5 fully saturated rings. The molecule has 6 rings (SSSR count). The van der Waals surface area contributed by atoms with Crippen LogP contribution in [0.2, 0.25) is 0 Å². The van der Waals surface area contributed by atoms with Crippen molar-refractivity contribution in [2.75, 3.05) is 44.6 Å². The van der Waals surface area contributed by atoms with Crippen LogP contribution in [0, 0.1) is 30.6 Å². The number of rotatable bonds is 6. The Balaban J connectivity index is 1.13. The van der Waals surface area contributed by atoms with Crippen LogP contribution in [0.4, 0.5) is 5.00 Å². The van der Waals surface area contributed by atoms with E-state index in [0.717, 1.165) is 60.8 Å². The van der Waals surface area contributed by atoms with E-state index < -0.39 is 0 Å². The fourth-order valence-electron chi connectivity index (χ4n) is 7.05. The molecule has 2 heterocycles. The number of nitrogens with zero attached hydrogens (tertiary/aromatic N) is 2. The van der Waals surface area contributed by atoms with Gasteiger partial charge in [0.2, 0.25) is 5.91 Å². The zero-order chi connectivity index (χ0) is 21.5. The van der Waals surface area contributed by atoms with E-state index in [2.05, 4.69) is 15.1 Å². The average Bonchev–Trinajstić information content (AvgIpc) is 3.08. The molecule has 0 unspecified atom stereocenters. The lowest BCUT2D eigenvalue weighted by atomic mass is 9.54. The van der Waals surface area contributed by atoms with Crippen LogP contribution in [-0.2, 0) is 9.53 Å². The van der Waals surface area contributed by atoms with Crippen LogP contribution >= 0.6 is 11.3 Å². The quantitative estimate of drug-likeness (QED) is 0.678. The van der Waals surface area contributed by atoms with Gasteiger partial charge in [0.05, 0.1) is 18.7 Å². The summed E-state index contributed by atoms with van der Waals surface area (Å²) in [6, 6.07) is 2.59. The molecule has 0 radical (unpaired) electrons. The highest BCUT2D eigenvalue weighted by atomic mass is 32.1. The summed E-state index contributed by atoms with van der Waals surface area (Å²) in [5.74, 6) is 3.47. The van der Waals surface area contributed by atoms with E-state index in [0.29, 0.717) is 23.7 Å². The third kappa shape index (κ3) is 4.41. The number of esters is 1. The van der Waals surface area contributed by atoms with Gasteiger partial charge in [-0.25, -0.2) is 4.79 Å². The van der Waals surface area contributed by atoms with Gasteiger partial charge in [-0.1, -0.05) is 0 Å². The molecule has 170 valence electrons. The van der Waals surface area contributed by atoms with E-state index in [4.69, 9.17) is 4.74 Å². The van der Waals surface area contributed by atoms with Gasteiger partial charge in [0.15, 0.2) is 0 Å². The van der Waals surface area contributed by atoms with Gasteiger partial charge in [-0.05, 0) is 75.7 Å².